The number of esters is 1. The van der Waals surface area contributed by atoms with E-state index in [1.54, 1.807) is 0 Å². The molecule has 22 heavy (non-hydrogen) atoms. The molecule has 0 fully saturated rings. The normalized spacial score (nSPS) is 17.4. The predicted molar refractivity (Wildman–Crippen MR) is 85.8 cm³/mol. The first-order valence-electron chi connectivity index (χ1n) is 7.30. The van der Waals surface area contributed by atoms with E-state index < -0.39 is 5.97 Å². The maximum Gasteiger partial charge on any atom is 0.361 e. The highest BCUT2D eigenvalue weighted by molar-refractivity contribution is 9.10. The van der Waals surface area contributed by atoms with Crippen molar-refractivity contribution in [2.24, 2.45) is 0 Å². The van der Waals surface area contributed by atoms with Crippen molar-refractivity contribution in [1.29, 1.82) is 0 Å². The van der Waals surface area contributed by atoms with Crippen LogP contribution in [-0.2, 0) is 16.6 Å². The molecule has 1 aromatic heterocycles. The van der Waals surface area contributed by atoms with Crippen LogP contribution >= 0.6 is 15.9 Å². The van der Waals surface area contributed by atoms with Gasteiger partial charge in [0.1, 0.15) is 12.4 Å². The van der Waals surface area contributed by atoms with Crippen LogP contribution in [0.15, 0.2) is 33.5 Å². The highest BCUT2D eigenvalue weighted by atomic mass is 79.9. The van der Waals surface area contributed by atoms with Gasteiger partial charge < -0.3 is 9.26 Å². The molecule has 116 valence electrons. The summed E-state index contributed by atoms with van der Waals surface area (Å²) in [7, 11) is 0. The Hall–Kier alpha value is -1.62. The van der Waals surface area contributed by atoms with Crippen molar-refractivity contribution in [3.8, 4) is 0 Å². The van der Waals surface area contributed by atoms with Crippen LogP contribution in [0.1, 0.15) is 60.5 Å². The molecule has 0 unspecified atom stereocenters. The number of ether oxygens (including phenoxy) is 1. The second-order valence-electron chi connectivity index (χ2n) is 6.60. The lowest BCUT2D eigenvalue weighted by atomic mass is 9.87. The average Bonchev–Trinajstić information content (AvgIpc) is 3.05. The Bertz CT molecular complexity index is 715. The van der Waals surface area contributed by atoms with Crippen LogP contribution in [0.5, 0.6) is 0 Å². The number of nitrogens with zero attached hydrogens (tertiary/aromatic N) is 1. The minimum atomic E-state index is -0.420. The third-order valence-electron chi connectivity index (χ3n) is 3.95. The molecule has 5 heteroatoms. The molecule has 0 aliphatic heterocycles. The fourth-order valence-electron chi connectivity index (χ4n) is 2.76. The number of hydrogen-bond donors (Lipinski definition) is 0. The molecule has 1 aliphatic rings. The summed E-state index contributed by atoms with van der Waals surface area (Å²) in [4.78, 5) is 12.5. The monoisotopic (exact) mass is 363 g/mol. The van der Waals surface area contributed by atoms with Gasteiger partial charge in [-0.15, -0.1) is 0 Å². The van der Waals surface area contributed by atoms with E-state index in [0.717, 1.165) is 28.4 Å². The summed E-state index contributed by atoms with van der Waals surface area (Å²) in [6, 6.07) is 6.11. The Morgan fingerprint density at radius 2 is 2.18 bits per heavy atom. The van der Waals surface area contributed by atoms with Crippen molar-refractivity contribution in [2.45, 2.75) is 45.1 Å². The number of aromatic nitrogens is 1. The van der Waals surface area contributed by atoms with Crippen molar-refractivity contribution in [3.05, 3.63) is 51.3 Å². The van der Waals surface area contributed by atoms with E-state index in [1.807, 2.05) is 32.9 Å². The van der Waals surface area contributed by atoms with E-state index in [9.17, 15) is 4.79 Å². The first kappa shape index (κ1) is 15.3. The molecule has 1 aromatic carbocycles. The number of benzene rings is 1. The third kappa shape index (κ3) is 2.82. The molecule has 0 N–H and O–H groups in total. The largest absolute Gasteiger partial charge is 0.453 e. The fourth-order valence-corrected chi connectivity index (χ4v) is 3.14. The minimum absolute atomic E-state index is 0.217. The van der Waals surface area contributed by atoms with Gasteiger partial charge in [0.25, 0.3) is 0 Å². The Balaban J connectivity index is 1.83. The van der Waals surface area contributed by atoms with Crippen molar-refractivity contribution in [2.75, 3.05) is 0 Å². The van der Waals surface area contributed by atoms with Crippen molar-refractivity contribution < 1.29 is 14.1 Å². The summed E-state index contributed by atoms with van der Waals surface area (Å²) in [6.45, 7) is 6.04. The Morgan fingerprint density at radius 3 is 2.91 bits per heavy atom. The summed E-state index contributed by atoms with van der Waals surface area (Å²) in [5, 5.41) is 3.84. The number of carbonyl (C=O) groups excluding carboxylic acids is 1. The average molecular weight is 364 g/mol. The van der Waals surface area contributed by atoms with Crippen LogP contribution in [0, 0.1) is 0 Å². The lowest BCUT2D eigenvalue weighted by Gasteiger charge is -2.18. The summed E-state index contributed by atoms with van der Waals surface area (Å²) in [5.74, 6) is -0.420. The quantitative estimate of drug-likeness (QED) is 0.732. The van der Waals surface area contributed by atoms with Crippen LogP contribution < -0.4 is 0 Å². The van der Waals surface area contributed by atoms with Crippen LogP contribution in [0.3, 0.4) is 0 Å². The van der Waals surface area contributed by atoms with E-state index >= 15 is 0 Å². The van der Waals surface area contributed by atoms with E-state index in [0.29, 0.717) is 0 Å². The second-order valence-corrected chi connectivity index (χ2v) is 7.52. The minimum Gasteiger partial charge on any atom is -0.453 e. The molecule has 0 amide bonds. The first-order valence-corrected chi connectivity index (χ1v) is 8.10. The first-order chi connectivity index (χ1) is 10.4. The number of hydrogen-bond acceptors (Lipinski definition) is 4. The Morgan fingerprint density at radius 1 is 1.41 bits per heavy atom. The highest BCUT2D eigenvalue weighted by Crippen LogP contribution is 2.36. The van der Waals surface area contributed by atoms with Gasteiger partial charge in [0, 0.05) is 10.0 Å². The van der Waals surface area contributed by atoms with E-state index in [4.69, 9.17) is 9.26 Å². The van der Waals surface area contributed by atoms with Gasteiger partial charge in [-0.2, -0.15) is 0 Å². The van der Waals surface area contributed by atoms with E-state index in [2.05, 4.69) is 27.2 Å². The van der Waals surface area contributed by atoms with Crippen LogP contribution in [0.2, 0.25) is 0 Å². The molecule has 1 heterocycles. The Labute approximate surface area is 138 Å². The van der Waals surface area contributed by atoms with E-state index in [-0.39, 0.29) is 17.2 Å². The zero-order chi connectivity index (χ0) is 15.9. The molecule has 0 spiro atoms. The van der Waals surface area contributed by atoms with Gasteiger partial charge in [0.05, 0.1) is 0 Å². The molecule has 0 saturated carbocycles. The summed E-state index contributed by atoms with van der Waals surface area (Å²) >= 11 is 3.47. The second kappa shape index (κ2) is 5.54. The molecule has 3 rings (SSSR count). The zero-order valence-corrected chi connectivity index (χ0v) is 14.4. The molecule has 0 bridgehead atoms. The molecule has 1 atom stereocenters. The Kier molecular flexibility index (Phi) is 3.85. The number of aryl methyl sites for hydroxylation is 1. The molecule has 1 aliphatic carbocycles. The zero-order valence-electron chi connectivity index (χ0n) is 12.9. The maximum absolute atomic E-state index is 12.5. The lowest BCUT2D eigenvalue weighted by molar-refractivity contribution is 0.0287. The maximum atomic E-state index is 12.5. The predicted octanol–water partition coefficient (Wildman–Crippen LogP) is 4.58. The molecule has 0 radical (unpaired) electrons. The third-order valence-corrected chi connectivity index (χ3v) is 4.44. The highest BCUT2D eigenvalue weighted by Gasteiger charge is 2.31. The van der Waals surface area contributed by atoms with Gasteiger partial charge in [0.15, 0.2) is 5.69 Å². The van der Waals surface area contributed by atoms with Crippen molar-refractivity contribution in [3.63, 3.8) is 0 Å². The topological polar surface area (TPSA) is 52.3 Å². The summed E-state index contributed by atoms with van der Waals surface area (Å²) in [6.07, 6.45) is 3.03. The van der Waals surface area contributed by atoms with Gasteiger partial charge in [-0.1, -0.05) is 47.9 Å². The van der Waals surface area contributed by atoms with Crippen LogP contribution in [-0.4, -0.2) is 11.1 Å². The van der Waals surface area contributed by atoms with Gasteiger partial charge in [-0.05, 0) is 41.5 Å². The molecule has 2 aromatic rings. The van der Waals surface area contributed by atoms with Crippen LogP contribution in [0.4, 0.5) is 0 Å². The van der Waals surface area contributed by atoms with Gasteiger partial charge >= 0.3 is 5.97 Å². The van der Waals surface area contributed by atoms with Crippen molar-refractivity contribution >= 4 is 21.9 Å². The standard InChI is InChI=1S/C17H18BrNO3/c1-17(2,3)13-9-21-19-15(13)16(20)22-14-7-5-10-4-6-11(18)8-12(10)14/h4,6,8-9,14H,5,7H2,1-3H3/t14-/m1/s1. The van der Waals surface area contributed by atoms with Crippen molar-refractivity contribution in [1.82, 2.24) is 5.16 Å². The van der Waals surface area contributed by atoms with Gasteiger partial charge in [-0.25, -0.2) is 4.79 Å². The molecular weight excluding hydrogens is 346 g/mol. The smallest absolute Gasteiger partial charge is 0.361 e. The number of halogens is 1. The molecular formula is C17H18BrNO3. The summed E-state index contributed by atoms with van der Waals surface area (Å²) in [5.41, 5.74) is 3.13. The number of carbonyl (C=O) groups is 1. The van der Waals surface area contributed by atoms with E-state index in [1.165, 1.54) is 11.8 Å². The molecule has 0 saturated heterocycles. The SMILES string of the molecule is CC(C)(C)c1conc1C(=O)O[C@@H]1CCc2ccc(Br)cc21. The summed E-state index contributed by atoms with van der Waals surface area (Å²) < 4.78 is 11.7. The van der Waals surface area contributed by atoms with Gasteiger partial charge in [0.2, 0.25) is 0 Å². The van der Waals surface area contributed by atoms with Crippen LogP contribution in [0.25, 0.3) is 0 Å². The number of rotatable bonds is 2. The fraction of sp³-hybridized carbons (Fsp3) is 0.412. The number of fused-ring (bicyclic) bond motifs is 1. The lowest BCUT2D eigenvalue weighted by Crippen LogP contribution is -2.18. The van der Waals surface area contributed by atoms with Gasteiger partial charge in [-0.3, -0.25) is 0 Å². The molecule has 4 nitrogen and oxygen atoms in total.